The molecule has 1 fully saturated rings. The molecule has 5 heteroatoms. The average molecular weight is 285 g/mol. The standard InChI is InChI=1S/C16H19N3O2/c1-18-10-4-7-13(18)14-8-5-11-19(14)16(20)12-6-3-9-17-15(12)21-2/h3-4,6-7,9-10,14H,5,8,11H2,1-2H3/t14-/m0/s1. The maximum absolute atomic E-state index is 12.8. The fourth-order valence-corrected chi connectivity index (χ4v) is 3.01. The summed E-state index contributed by atoms with van der Waals surface area (Å²) in [6.07, 6.45) is 5.66. The van der Waals surface area contributed by atoms with E-state index in [1.807, 2.05) is 24.2 Å². The van der Waals surface area contributed by atoms with E-state index in [2.05, 4.69) is 15.6 Å². The smallest absolute Gasteiger partial charge is 0.259 e. The summed E-state index contributed by atoms with van der Waals surface area (Å²) in [7, 11) is 3.55. The third-order valence-electron chi connectivity index (χ3n) is 4.03. The Bertz CT molecular complexity index is 650. The number of amides is 1. The van der Waals surface area contributed by atoms with Crippen LogP contribution in [0, 0.1) is 0 Å². The van der Waals surface area contributed by atoms with Gasteiger partial charge in [-0.05, 0) is 37.1 Å². The van der Waals surface area contributed by atoms with E-state index in [4.69, 9.17) is 4.74 Å². The number of aromatic nitrogens is 2. The number of hydrogen-bond donors (Lipinski definition) is 0. The highest BCUT2D eigenvalue weighted by Crippen LogP contribution is 2.34. The van der Waals surface area contributed by atoms with Crippen LogP contribution in [0.15, 0.2) is 36.7 Å². The summed E-state index contributed by atoms with van der Waals surface area (Å²) in [4.78, 5) is 18.9. The van der Waals surface area contributed by atoms with Crippen LogP contribution in [-0.4, -0.2) is 34.0 Å². The highest BCUT2D eigenvalue weighted by molar-refractivity contribution is 5.96. The van der Waals surface area contributed by atoms with Crippen LogP contribution < -0.4 is 4.74 Å². The molecular weight excluding hydrogens is 266 g/mol. The Hall–Kier alpha value is -2.30. The molecule has 110 valence electrons. The number of carbonyl (C=O) groups is 1. The molecule has 1 saturated heterocycles. The summed E-state index contributed by atoms with van der Waals surface area (Å²) < 4.78 is 7.29. The Kier molecular flexibility index (Phi) is 3.64. The molecule has 3 rings (SSSR count). The number of rotatable bonds is 3. The molecule has 1 aliphatic rings. The molecular formula is C16H19N3O2. The van der Waals surface area contributed by atoms with Crippen molar-refractivity contribution >= 4 is 5.91 Å². The lowest BCUT2D eigenvalue weighted by Crippen LogP contribution is -2.31. The molecule has 1 amide bonds. The largest absolute Gasteiger partial charge is 0.480 e. The zero-order valence-electron chi connectivity index (χ0n) is 12.3. The number of likely N-dealkylation sites (tertiary alicyclic amines) is 1. The van der Waals surface area contributed by atoms with Crippen LogP contribution in [0.25, 0.3) is 0 Å². The first kappa shape index (κ1) is 13.7. The minimum atomic E-state index is -0.0105. The summed E-state index contributed by atoms with van der Waals surface area (Å²) in [5.74, 6) is 0.378. The summed E-state index contributed by atoms with van der Waals surface area (Å²) in [6, 6.07) is 7.76. The predicted octanol–water partition coefficient (Wildman–Crippen LogP) is 2.41. The summed E-state index contributed by atoms with van der Waals surface area (Å²) >= 11 is 0. The molecule has 2 aromatic rings. The number of ether oxygens (including phenoxy) is 1. The van der Waals surface area contributed by atoms with E-state index in [0.29, 0.717) is 11.4 Å². The van der Waals surface area contributed by atoms with Gasteiger partial charge in [0, 0.05) is 31.7 Å². The predicted molar refractivity (Wildman–Crippen MR) is 79.2 cm³/mol. The number of hydrogen-bond acceptors (Lipinski definition) is 3. The van der Waals surface area contributed by atoms with Crippen LogP contribution in [0.4, 0.5) is 0 Å². The van der Waals surface area contributed by atoms with E-state index in [9.17, 15) is 4.79 Å². The monoisotopic (exact) mass is 285 g/mol. The van der Waals surface area contributed by atoms with Crippen LogP contribution in [0.3, 0.4) is 0 Å². The van der Waals surface area contributed by atoms with Gasteiger partial charge in [-0.3, -0.25) is 4.79 Å². The van der Waals surface area contributed by atoms with E-state index in [-0.39, 0.29) is 11.9 Å². The lowest BCUT2D eigenvalue weighted by atomic mass is 10.1. The Balaban J connectivity index is 1.92. The normalized spacial score (nSPS) is 18.0. The van der Waals surface area contributed by atoms with Crippen molar-refractivity contribution in [1.82, 2.24) is 14.5 Å². The van der Waals surface area contributed by atoms with Crippen LogP contribution >= 0.6 is 0 Å². The van der Waals surface area contributed by atoms with Crippen molar-refractivity contribution in [3.63, 3.8) is 0 Å². The molecule has 0 unspecified atom stereocenters. The molecule has 5 nitrogen and oxygen atoms in total. The van der Waals surface area contributed by atoms with Gasteiger partial charge in [-0.1, -0.05) is 0 Å². The minimum absolute atomic E-state index is 0.0105. The molecule has 0 radical (unpaired) electrons. The number of aryl methyl sites for hydroxylation is 1. The number of methoxy groups -OCH3 is 1. The lowest BCUT2D eigenvalue weighted by Gasteiger charge is -2.25. The highest BCUT2D eigenvalue weighted by Gasteiger charge is 2.33. The van der Waals surface area contributed by atoms with Crippen molar-refractivity contribution in [1.29, 1.82) is 0 Å². The summed E-state index contributed by atoms with van der Waals surface area (Å²) in [5, 5.41) is 0. The molecule has 3 heterocycles. The van der Waals surface area contributed by atoms with Gasteiger partial charge >= 0.3 is 0 Å². The van der Waals surface area contributed by atoms with Gasteiger partial charge in [0.2, 0.25) is 5.88 Å². The van der Waals surface area contributed by atoms with Crippen molar-refractivity contribution in [2.45, 2.75) is 18.9 Å². The third-order valence-corrected chi connectivity index (χ3v) is 4.03. The first-order valence-corrected chi connectivity index (χ1v) is 7.13. The van der Waals surface area contributed by atoms with Gasteiger partial charge < -0.3 is 14.2 Å². The molecule has 0 aliphatic carbocycles. The second-order valence-electron chi connectivity index (χ2n) is 5.26. The molecule has 0 saturated carbocycles. The maximum Gasteiger partial charge on any atom is 0.259 e. The van der Waals surface area contributed by atoms with E-state index >= 15 is 0 Å². The van der Waals surface area contributed by atoms with E-state index in [1.54, 1.807) is 18.3 Å². The molecule has 0 N–H and O–H groups in total. The summed E-state index contributed by atoms with van der Waals surface area (Å²) in [5.41, 5.74) is 1.70. The topological polar surface area (TPSA) is 47.4 Å². The first-order valence-electron chi connectivity index (χ1n) is 7.13. The SMILES string of the molecule is COc1ncccc1C(=O)N1CCC[C@H]1c1cccn1C. The fourth-order valence-electron chi connectivity index (χ4n) is 3.01. The van der Waals surface area contributed by atoms with Crippen LogP contribution in [-0.2, 0) is 7.05 Å². The minimum Gasteiger partial charge on any atom is -0.480 e. The van der Waals surface area contributed by atoms with Gasteiger partial charge in [-0.25, -0.2) is 4.98 Å². The maximum atomic E-state index is 12.8. The molecule has 2 aromatic heterocycles. The Morgan fingerprint density at radius 3 is 2.95 bits per heavy atom. The zero-order valence-corrected chi connectivity index (χ0v) is 12.3. The number of nitrogens with zero attached hydrogens (tertiary/aromatic N) is 3. The molecule has 1 atom stereocenters. The van der Waals surface area contributed by atoms with Gasteiger partial charge in [0.15, 0.2) is 0 Å². The second kappa shape index (κ2) is 5.60. The third kappa shape index (κ3) is 2.39. The lowest BCUT2D eigenvalue weighted by molar-refractivity contribution is 0.0727. The number of carbonyl (C=O) groups excluding carboxylic acids is 1. The molecule has 0 spiro atoms. The van der Waals surface area contributed by atoms with Crippen molar-refractivity contribution in [3.05, 3.63) is 47.9 Å². The quantitative estimate of drug-likeness (QED) is 0.870. The van der Waals surface area contributed by atoms with Crippen molar-refractivity contribution in [3.8, 4) is 5.88 Å². The van der Waals surface area contributed by atoms with Gasteiger partial charge in [0.05, 0.1) is 13.2 Å². The van der Waals surface area contributed by atoms with Gasteiger partial charge in [0.1, 0.15) is 5.56 Å². The molecule has 0 aromatic carbocycles. The number of pyridine rings is 1. The van der Waals surface area contributed by atoms with Crippen LogP contribution in [0.5, 0.6) is 5.88 Å². The summed E-state index contributed by atoms with van der Waals surface area (Å²) in [6.45, 7) is 0.771. The van der Waals surface area contributed by atoms with E-state index < -0.39 is 0 Å². The van der Waals surface area contributed by atoms with Crippen molar-refractivity contribution in [2.24, 2.45) is 7.05 Å². The fraction of sp³-hybridized carbons (Fsp3) is 0.375. The zero-order chi connectivity index (χ0) is 14.8. The second-order valence-corrected chi connectivity index (χ2v) is 5.26. The average Bonchev–Trinajstić information content (AvgIpc) is 3.14. The van der Waals surface area contributed by atoms with Crippen LogP contribution in [0.1, 0.15) is 34.9 Å². The van der Waals surface area contributed by atoms with Gasteiger partial charge in [-0.2, -0.15) is 0 Å². The first-order chi connectivity index (χ1) is 10.2. The van der Waals surface area contributed by atoms with Crippen molar-refractivity contribution < 1.29 is 9.53 Å². The molecule has 1 aliphatic heterocycles. The van der Waals surface area contributed by atoms with E-state index in [1.165, 1.54) is 12.8 Å². The van der Waals surface area contributed by atoms with Crippen LogP contribution in [0.2, 0.25) is 0 Å². The van der Waals surface area contributed by atoms with Gasteiger partial charge in [0.25, 0.3) is 5.91 Å². The molecule has 21 heavy (non-hydrogen) atoms. The Morgan fingerprint density at radius 1 is 1.38 bits per heavy atom. The van der Waals surface area contributed by atoms with E-state index in [0.717, 1.165) is 19.4 Å². The molecule has 0 bridgehead atoms. The van der Waals surface area contributed by atoms with Crippen molar-refractivity contribution in [2.75, 3.05) is 13.7 Å². The Labute approximate surface area is 124 Å². The van der Waals surface area contributed by atoms with Gasteiger partial charge in [-0.15, -0.1) is 0 Å². The highest BCUT2D eigenvalue weighted by atomic mass is 16.5. The Morgan fingerprint density at radius 2 is 2.24 bits per heavy atom.